The van der Waals surface area contributed by atoms with Crippen molar-refractivity contribution in [2.45, 2.75) is 26.8 Å². The van der Waals surface area contributed by atoms with Gasteiger partial charge in [-0.3, -0.25) is 9.59 Å². The van der Waals surface area contributed by atoms with Crippen molar-refractivity contribution in [3.8, 4) is 0 Å². The molecule has 196 valence electrons. The van der Waals surface area contributed by atoms with Crippen molar-refractivity contribution in [1.29, 1.82) is 0 Å². The molecule has 3 aromatic carbocycles. The van der Waals surface area contributed by atoms with E-state index in [1.807, 2.05) is 54.6 Å². The number of hydrogen-bond acceptors (Lipinski definition) is 6. The van der Waals surface area contributed by atoms with Crippen molar-refractivity contribution in [2.75, 3.05) is 30.3 Å². The maximum absolute atomic E-state index is 13.2. The fraction of sp³-hybridized carbons (Fsp3) is 0.233. The number of carbonyl (C=O) groups is 3. The Balaban J connectivity index is 1.55. The number of fused-ring (bicyclic) bond motifs is 1. The van der Waals surface area contributed by atoms with Gasteiger partial charge in [-0.15, -0.1) is 0 Å². The Morgan fingerprint density at radius 1 is 0.921 bits per heavy atom. The first kappa shape index (κ1) is 26.6. The van der Waals surface area contributed by atoms with Gasteiger partial charge in [-0.1, -0.05) is 48.5 Å². The Hall–Kier alpha value is -4.43. The zero-order chi connectivity index (χ0) is 26.9. The van der Waals surface area contributed by atoms with Gasteiger partial charge in [0, 0.05) is 31.3 Å². The van der Waals surface area contributed by atoms with Crippen LogP contribution in [0, 0.1) is 0 Å². The highest BCUT2D eigenvalue weighted by atomic mass is 16.5. The second kappa shape index (κ2) is 12.7. The van der Waals surface area contributed by atoms with Gasteiger partial charge in [0.1, 0.15) is 0 Å². The number of carbonyl (C=O) groups excluding carboxylic acids is 3. The normalized spacial score (nSPS) is 13.4. The molecule has 4 N–H and O–H groups in total. The molecule has 0 unspecified atom stereocenters. The maximum Gasteiger partial charge on any atom is 0.338 e. The first-order valence-electron chi connectivity index (χ1n) is 12.7. The smallest absolute Gasteiger partial charge is 0.338 e. The summed E-state index contributed by atoms with van der Waals surface area (Å²) in [5.74, 6) is -0.684. The summed E-state index contributed by atoms with van der Waals surface area (Å²) < 4.78 is 5.10. The van der Waals surface area contributed by atoms with Crippen molar-refractivity contribution in [3.05, 3.63) is 95.1 Å². The van der Waals surface area contributed by atoms with Gasteiger partial charge in [0.15, 0.2) is 0 Å². The number of ether oxygens (including phenoxy) is 1. The van der Waals surface area contributed by atoms with E-state index in [1.165, 1.54) is 6.92 Å². The van der Waals surface area contributed by atoms with Crippen LogP contribution in [0.5, 0.6) is 0 Å². The topological polar surface area (TPSA) is 109 Å². The van der Waals surface area contributed by atoms with Crippen molar-refractivity contribution in [3.63, 3.8) is 0 Å². The molecule has 0 radical (unpaired) electrons. The van der Waals surface area contributed by atoms with E-state index in [4.69, 9.17) is 4.74 Å². The van der Waals surface area contributed by atoms with Gasteiger partial charge in [-0.05, 0) is 55.3 Å². The molecule has 1 aliphatic rings. The summed E-state index contributed by atoms with van der Waals surface area (Å²) in [4.78, 5) is 36.3. The molecule has 38 heavy (non-hydrogen) atoms. The number of amides is 2. The largest absolute Gasteiger partial charge is 0.462 e. The van der Waals surface area contributed by atoms with Crippen LogP contribution in [0.25, 0.3) is 11.3 Å². The lowest BCUT2D eigenvalue weighted by atomic mass is 9.99. The van der Waals surface area contributed by atoms with Crippen LogP contribution in [0.2, 0.25) is 0 Å². The zero-order valence-electron chi connectivity index (χ0n) is 21.6. The van der Waals surface area contributed by atoms with Crippen LogP contribution in [-0.4, -0.2) is 37.5 Å². The number of rotatable bonds is 11. The lowest BCUT2D eigenvalue weighted by Gasteiger charge is -2.15. The van der Waals surface area contributed by atoms with Crippen molar-refractivity contribution < 1.29 is 19.1 Å². The third-order valence-corrected chi connectivity index (χ3v) is 6.04. The van der Waals surface area contributed by atoms with Crippen LogP contribution in [0.4, 0.5) is 11.4 Å². The van der Waals surface area contributed by atoms with E-state index in [0.29, 0.717) is 35.6 Å². The molecule has 8 heteroatoms. The molecular formula is C30H32N4O4. The van der Waals surface area contributed by atoms with Gasteiger partial charge < -0.3 is 26.0 Å². The standard InChI is InChI=1S/C30H32N4O4/c1-3-38-30(37)23-12-15-25-26(18-23)34-29(36)27(25)28(22-8-5-4-6-9-22)33-24-13-10-21(11-14-24)19-31-16-7-17-32-20(2)35/h4-6,8-15,18,31,33H,3,7,16-17,19H2,1-2H3,(H,32,35)(H,34,36)/b28-27-. The van der Waals surface area contributed by atoms with Crippen molar-refractivity contribution >= 4 is 40.4 Å². The van der Waals surface area contributed by atoms with E-state index in [-0.39, 0.29) is 18.4 Å². The number of esters is 1. The van der Waals surface area contributed by atoms with Crippen LogP contribution in [-0.2, 0) is 20.9 Å². The summed E-state index contributed by atoms with van der Waals surface area (Å²) in [5.41, 5.74) is 5.70. The van der Waals surface area contributed by atoms with Crippen molar-refractivity contribution in [1.82, 2.24) is 10.6 Å². The first-order valence-corrected chi connectivity index (χ1v) is 12.7. The number of anilines is 2. The van der Waals surface area contributed by atoms with Gasteiger partial charge in [0.25, 0.3) is 5.91 Å². The van der Waals surface area contributed by atoms with Gasteiger partial charge in [-0.25, -0.2) is 4.79 Å². The van der Waals surface area contributed by atoms with Crippen molar-refractivity contribution in [2.24, 2.45) is 0 Å². The van der Waals surface area contributed by atoms with E-state index < -0.39 is 5.97 Å². The Morgan fingerprint density at radius 2 is 1.68 bits per heavy atom. The molecule has 1 aliphatic heterocycles. The third-order valence-electron chi connectivity index (χ3n) is 6.04. The van der Waals surface area contributed by atoms with Crippen LogP contribution in [0.3, 0.4) is 0 Å². The molecule has 0 aromatic heterocycles. The Kier molecular flexibility index (Phi) is 8.89. The molecule has 0 saturated carbocycles. The Bertz CT molecular complexity index is 1330. The molecule has 0 atom stereocenters. The summed E-state index contributed by atoms with van der Waals surface area (Å²) in [5, 5.41) is 12.5. The molecule has 0 bridgehead atoms. The van der Waals surface area contributed by atoms with Crippen LogP contribution in [0.15, 0.2) is 72.8 Å². The fourth-order valence-electron chi connectivity index (χ4n) is 4.21. The second-order valence-corrected chi connectivity index (χ2v) is 8.89. The summed E-state index contributed by atoms with van der Waals surface area (Å²) in [6.45, 7) is 5.72. The Labute approximate surface area is 222 Å². The molecule has 0 spiro atoms. The minimum absolute atomic E-state index is 0.0158. The number of benzene rings is 3. The molecular weight excluding hydrogens is 480 g/mol. The Morgan fingerprint density at radius 3 is 2.39 bits per heavy atom. The lowest BCUT2D eigenvalue weighted by molar-refractivity contribution is -0.119. The quantitative estimate of drug-likeness (QED) is 0.172. The van der Waals surface area contributed by atoms with E-state index in [0.717, 1.165) is 35.3 Å². The highest BCUT2D eigenvalue weighted by Gasteiger charge is 2.29. The molecule has 0 fully saturated rings. The first-order chi connectivity index (χ1) is 18.5. The summed E-state index contributed by atoms with van der Waals surface area (Å²) >= 11 is 0. The van der Waals surface area contributed by atoms with E-state index in [9.17, 15) is 14.4 Å². The van der Waals surface area contributed by atoms with Crippen LogP contribution in [0.1, 0.15) is 47.3 Å². The zero-order valence-corrected chi connectivity index (χ0v) is 21.6. The summed E-state index contributed by atoms with van der Waals surface area (Å²) in [6.07, 6.45) is 0.859. The van der Waals surface area contributed by atoms with Gasteiger partial charge in [0.05, 0.1) is 29.1 Å². The molecule has 0 aliphatic carbocycles. The minimum atomic E-state index is -0.425. The van der Waals surface area contributed by atoms with Gasteiger partial charge in [-0.2, -0.15) is 0 Å². The molecule has 1 heterocycles. The molecule has 2 amide bonds. The van der Waals surface area contributed by atoms with E-state index in [1.54, 1.807) is 25.1 Å². The SMILES string of the molecule is CCOC(=O)c1ccc2c(c1)NC(=O)/C2=C(\Nc1ccc(CNCCCNC(C)=O)cc1)c1ccccc1. The van der Waals surface area contributed by atoms with Crippen LogP contribution < -0.4 is 21.3 Å². The predicted octanol–water partition coefficient (Wildman–Crippen LogP) is 4.41. The van der Waals surface area contributed by atoms with E-state index in [2.05, 4.69) is 21.3 Å². The second-order valence-electron chi connectivity index (χ2n) is 8.89. The third kappa shape index (κ3) is 6.66. The predicted molar refractivity (Wildman–Crippen MR) is 149 cm³/mol. The lowest BCUT2D eigenvalue weighted by Crippen LogP contribution is -2.24. The van der Waals surface area contributed by atoms with Gasteiger partial charge >= 0.3 is 5.97 Å². The maximum atomic E-state index is 13.2. The van der Waals surface area contributed by atoms with E-state index >= 15 is 0 Å². The number of nitrogens with one attached hydrogen (secondary N) is 4. The monoisotopic (exact) mass is 512 g/mol. The van der Waals surface area contributed by atoms with Crippen LogP contribution >= 0.6 is 0 Å². The molecule has 4 rings (SSSR count). The minimum Gasteiger partial charge on any atom is -0.462 e. The number of hydrogen-bond donors (Lipinski definition) is 4. The highest BCUT2D eigenvalue weighted by Crippen LogP contribution is 2.38. The average Bonchev–Trinajstić information content (AvgIpc) is 3.25. The molecule has 8 nitrogen and oxygen atoms in total. The van der Waals surface area contributed by atoms with Gasteiger partial charge in [0.2, 0.25) is 5.91 Å². The summed E-state index contributed by atoms with van der Waals surface area (Å²) in [7, 11) is 0. The average molecular weight is 513 g/mol. The fourth-order valence-corrected chi connectivity index (χ4v) is 4.21. The molecule has 0 saturated heterocycles. The summed E-state index contributed by atoms with van der Waals surface area (Å²) in [6, 6.07) is 22.8. The highest BCUT2D eigenvalue weighted by molar-refractivity contribution is 6.37. The molecule has 3 aromatic rings.